The lowest BCUT2D eigenvalue weighted by molar-refractivity contribution is -0.126. The number of ether oxygens (including phenoxy) is 2. The lowest BCUT2D eigenvalue weighted by Gasteiger charge is -2.43. The molecule has 0 bridgehead atoms. The highest BCUT2D eigenvalue weighted by molar-refractivity contribution is 7.13. The summed E-state index contributed by atoms with van der Waals surface area (Å²) in [4.78, 5) is 30.3. The van der Waals surface area contributed by atoms with Crippen LogP contribution in [-0.4, -0.2) is 41.4 Å². The average molecular weight is 503 g/mol. The van der Waals surface area contributed by atoms with Crippen LogP contribution >= 0.6 is 11.3 Å². The first kappa shape index (κ1) is 23.6. The number of carbonyl (C=O) groups is 2. The number of anilines is 1. The minimum atomic E-state index is -1.28. The molecule has 3 heterocycles. The van der Waals surface area contributed by atoms with Crippen molar-refractivity contribution in [1.29, 1.82) is 0 Å². The van der Waals surface area contributed by atoms with Gasteiger partial charge in [-0.15, -0.1) is 11.3 Å². The van der Waals surface area contributed by atoms with Crippen molar-refractivity contribution < 1.29 is 19.1 Å². The van der Waals surface area contributed by atoms with E-state index in [9.17, 15) is 9.59 Å². The van der Waals surface area contributed by atoms with E-state index < -0.39 is 5.54 Å². The Kier molecular flexibility index (Phi) is 6.24. The Bertz CT molecular complexity index is 1400. The largest absolute Gasteiger partial charge is 0.497 e. The molecule has 2 aromatic heterocycles. The number of nitrogens with zero attached hydrogens (tertiary/aromatic N) is 3. The standard InChI is InChI=1S/C27H26N4O4S/c1-27(26(33)28-16-18-8-5-4-6-9-18)17-30-22(15-20(29-30)24-10-7-13-36-24)25(32)31(27)21-12-11-19(34-2)14-23(21)35-3/h4-15H,16-17H2,1-3H3,(H,28,33)/t27-/m0/s1. The fourth-order valence-corrected chi connectivity index (χ4v) is 5.12. The summed E-state index contributed by atoms with van der Waals surface area (Å²) in [5.74, 6) is 0.380. The minimum Gasteiger partial charge on any atom is -0.497 e. The van der Waals surface area contributed by atoms with Gasteiger partial charge in [0.05, 0.1) is 31.3 Å². The highest BCUT2D eigenvalue weighted by Gasteiger charge is 2.49. The van der Waals surface area contributed by atoms with Crippen molar-refractivity contribution in [3.05, 3.63) is 83.4 Å². The number of aromatic nitrogens is 2. The topological polar surface area (TPSA) is 85.7 Å². The van der Waals surface area contributed by atoms with Gasteiger partial charge in [-0.25, -0.2) is 0 Å². The number of thiophene rings is 1. The molecule has 4 aromatic rings. The van der Waals surface area contributed by atoms with Gasteiger partial charge >= 0.3 is 0 Å². The van der Waals surface area contributed by atoms with Crippen molar-refractivity contribution in [2.75, 3.05) is 19.1 Å². The van der Waals surface area contributed by atoms with Gasteiger partial charge in [0, 0.05) is 12.6 Å². The van der Waals surface area contributed by atoms with Gasteiger partial charge in [0.15, 0.2) is 0 Å². The van der Waals surface area contributed by atoms with E-state index in [2.05, 4.69) is 10.4 Å². The normalized spacial score (nSPS) is 17.0. The Labute approximate surface area is 213 Å². The van der Waals surface area contributed by atoms with Crippen LogP contribution in [0.5, 0.6) is 11.5 Å². The van der Waals surface area contributed by atoms with E-state index in [1.165, 1.54) is 12.0 Å². The van der Waals surface area contributed by atoms with E-state index >= 15 is 0 Å². The number of methoxy groups -OCH3 is 2. The van der Waals surface area contributed by atoms with Crippen LogP contribution in [0.25, 0.3) is 10.6 Å². The minimum absolute atomic E-state index is 0.176. The highest BCUT2D eigenvalue weighted by atomic mass is 32.1. The highest BCUT2D eigenvalue weighted by Crippen LogP contribution is 2.40. The Hall–Kier alpha value is -4.11. The summed E-state index contributed by atoms with van der Waals surface area (Å²) >= 11 is 1.55. The number of amides is 2. The number of rotatable bonds is 7. The van der Waals surface area contributed by atoms with Crippen molar-refractivity contribution in [1.82, 2.24) is 15.1 Å². The summed E-state index contributed by atoms with van der Waals surface area (Å²) in [7, 11) is 3.09. The monoisotopic (exact) mass is 502 g/mol. The van der Waals surface area contributed by atoms with Crippen LogP contribution < -0.4 is 19.7 Å². The summed E-state index contributed by atoms with van der Waals surface area (Å²) in [6.07, 6.45) is 0. The van der Waals surface area contributed by atoms with Gasteiger partial charge in [0.25, 0.3) is 5.91 Å². The molecule has 1 atom stereocenters. The lowest BCUT2D eigenvalue weighted by atomic mass is 9.93. The van der Waals surface area contributed by atoms with E-state index in [-0.39, 0.29) is 18.4 Å². The molecule has 184 valence electrons. The van der Waals surface area contributed by atoms with Crippen molar-refractivity contribution in [2.24, 2.45) is 0 Å². The van der Waals surface area contributed by atoms with Crippen molar-refractivity contribution in [3.63, 3.8) is 0 Å². The number of benzene rings is 2. The zero-order valence-corrected chi connectivity index (χ0v) is 21.0. The molecule has 1 aliphatic heterocycles. The molecule has 0 radical (unpaired) electrons. The zero-order valence-electron chi connectivity index (χ0n) is 20.2. The smallest absolute Gasteiger partial charge is 0.277 e. The maximum Gasteiger partial charge on any atom is 0.277 e. The van der Waals surface area contributed by atoms with Gasteiger partial charge in [-0.1, -0.05) is 36.4 Å². The molecule has 8 nitrogen and oxygen atoms in total. The van der Waals surface area contributed by atoms with Crippen LogP contribution in [0.1, 0.15) is 23.0 Å². The van der Waals surface area contributed by atoms with Gasteiger partial charge in [-0.3, -0.25) is 19.2 Å². The van der Waals surface area contributed by atoms with Crippen LogP contribution in [0.2, 0.25) is 0 Å². The third-order valence-electron chi connectivity index (χ3n) is 6.34. The van der Waals surface area contributed by atoms with Crippen molar-refractivity contribution in [3.8, 4) is 22.1 Å². The van der Waals surface area contributed by atoms with E-state index in [4.69, 9.17) is 9.47 Å². The third-order valence-corrected chi connectivity index (χ3v) is 7.23. The second-order valence-electron chi connectivity index (χ2n) is 8.67. The van der Waals surface area contributed by atoms with Crippen LogP contribution in [0, 0.1) is 0 Å². The lowest BCUT2D eigenvalue weighted by Crippen LogP contribution is -2.64. The molecule has 1 aliphatic rings. The van der Waals surface area contributed by atoms with Crippen molar-refractivity contribution in [2.45, 2.75) is 25.6 Å². The molecular formula is C27H26N4O4S. The molecule has 36 heavy (non-hydrogen) atoms. The van der Waals surface area contributed by atoms with Gasteiger partial charge in [-0.05, 0) is 42.1 Å². The first-order chi connectivity index (χ1) is 17.4. The predicted octanol–water partition coefficient (Wildman–Crippen LogP) is 4.36. The maximum absolute atomic E-state index is 14.0. The Morgan fingerprint density at radius 1 is 1.08 bits per heavy atom. The molecule has 0 saturated carbocycles. The van der Waals surface area contributed by atoms with Gasteiger partial charge < -0.3 is 14.8 Å². The van der Waals surface area contributed by atoms with Crippen LogP contribution in [0.3, 0.4) is 0 Å². The van der Waals surface area contributed by atoms with Gasteiger partial charge in [-0.2, -0.15) is 5.10 Å². The summed E-state index contributed by atoms with van der Waals surface area (Å²) in [6, 6.07) is 20.5. The fourth-order valence-electron chi connectivity index (χ4n) is 4.44. The second kappa shape index (κ2) is 9.50. The molecule has 1 N–H and O–H groups in total. The molecule has 0 fully saturated rings. The van der Waals surface area contributed by atoms with E-state index in [1.54, 1.807) is 54.3 Å². The molecule has 2 amide bonds. The van der Waals surface area contributed by atoms with E-state index in [1.807, 2.05) is 47.8 Å². The number of hydrogen-bond donors (Lipinski definition) is 1. The fraction of sp³-hybridized carbons (Fsp3) is 0.222. The molecule has 9 heteroatoms. The molecule has 0 spiro atoms. The number of fused-ring (bicyclic) bond motifs is 1. The van der Waals surface area contributed by atoms with Gasteiger partial charge in [0.1, 0.15) is 28.4 Å². The Balaban J connectivity index is 1.58. The number of hydrogen-bond acceptors (Lipinski definition) is 6. The molecule has 0 unspecified atom stereocenters. The number of carbonyl (C=O) groups excluding carboxylic acids is 2. The molecule has 5 rings (SSSR count). The summed E-state index contributed by atoms with van der Waals surface area (Å²) < 4.78 is 12.6. The maximum atomic E-state index is 14.0. The zero-order chi connectivity index (χ0) is 25.3. The second-order valence-corrected chi connectivity index (χ2v) is 9.62. The van der Waals surface area contributed by atoms with E-state index in [0.29, 0.717) is 35.1 Å². The molecular weight excluding hydrogens is 476 g/mol. The van der Waals surface area contributed by atoms with Crippen molar-refractivity contribution >= 4 is 28.8 Å². The first-order valence-electron chi connectivity index (χ1n) is 11.4. The predicted molar refractivity (Wildman–Crippen MR) is 139 cm³/mol. The molecule has 0 saturated heterocycles. The number of nitrogens with one attached hydrogen (secondary N) is 1. The molecule has 0 aliphatic carbocycles. The van der Waals surface area contributed by atoms with Crippen LogP contribution in [-0.2, 0) is 17.9 Å². The average Bonchev–Trinajstić information content (AvgIpc) is 3.58. The summed E-state index contributed by atoms with van der Waals surface area (Å²) in [6.45, 7) is 2.27. The summed E-state index contributed by atoms with van der Waals surface area (Å²) in [5, 5.41) is 9.67. The Morgan fingerprint density at radius 3 is 2.58 bits per heavy atom. The van der Waals surface area contributed by atoms with Gasteiger partial charge in [0.2, 0.25) is 5.91 Å². The Morgan fingerprint density at radius 2 is 1.89 bits per heavy atom. The summed E-state index contributed by atoms with van der Waals surface area (Å²) in [5.41, 5.74) is 1.27. The van der Waals surface area contributed by atoms with Crippen LogP contribution in [0.4, 0.5) is 5.69 Å². The third kappa shape index (κ3) is 4.11. The van der Waals surface area contributed by atoms with E-state index in [0.717, 1.165) is 10.4 Å². The SMILES string of the molecule is COc1ccc(N2C(=O)c3cc(-c4cccs4)nn3C[C@@]2(C)C(=O)NCc2ccccc2)c(OC)c1. The van der Waals surface area contributed by atoms with Crippen LogP contribution in [0.15, 0.2) is 72.1 Å². The molecule has 2 aromatic carbocycles. The quantitative estimate of drug-likeness (QED) is 0.406. The first-order valence-corrected chi connectivity index (χ1v) is 12.3.